The maximum atomic E-state index is 13.9. The Balaban J connectivity index is 2.30. The Bertz CT molecular complexity index is 783. The molecule has 24 heavy (non-hydrogen) atoms. The van der Waals surface area contributed by atoms with Crippen LogP contribution in [0, 0.1) is 45.8 Å². The third-order valence-corrected chi connectivity index (χ3v) is 6.02. The summed E-state index contributed by atoms with van der Waals surface area (Å²) in [5, 5.41) is 10.3. The second kappa shape index (κ2) is 4.80. The van der Waals surface area contributed by atoms with Crippen molar-refractivity contribution in [2.24, 2.45) is 16.7 Å². The van der Waals surface area contributed by atoms with Gasteiger partial charge in [-0.1, -0.05) is 20.8 Å². The molecule has 2 nitrogen and oxygen atoms in total. The van der Waals surface area contributed by atoms with Crippen LogP contribution in [-0.2, 0) is 4.79 Å². The van der Waals surface area contributed by atoms with Crippen molar-refractivity contribution in [3.63, 3.8) is 0 Å². The number of ketones is 1. The van der Waals surface area contributed by atoms with Crippen molar-refractivity contribution in [2.45, 2.75) is 33.6 Å². The van der Waals surface area contributed by atoms with Gasteiger partial charge in [-0.25, -0.2) is 22.0 Å². The van der Waals surface area contributed by atoms with Crippen LogP contribution in [0.3, 0.4) is 0 Å². The molecule has 2 aliphatic carbocycles. The van der Waals surface area contributed by atoms with Crippen LogP contribution in [0.15, 0.2) is 5.57 Å². The molecule has 130 valence electrons. The first-order valence-corrected chi connectivity index (χ1v) is 7.46. The molecular formula is C17H15F5O2. The second-order valence-corrected chi connectivity index (χ2v) is 7.18. The van der Waals surface area contributed by atoms with Gasteiger partial charge in [-0.05, 0) is 24.2 Å². The van der Waals surface area contributed by atoms with Crippen molar-refractivity contribution < 1.29 is 31.9 Å². The third-order valence-electron chi connectivity index (χ3n) is 6.02. The highest BCUT2D eigenvalue weighted by atomic mass is 19.2. The smallest absolute Gasteiger partial charge is 0.200 e. The first-order valence-electron chi connectivity index (χ1n) is 7.46. The number of halogens is 5. The predicted molar refractivity (Wildman–Crippen MR) is 75.4 cm³/mol. The summed E-state index contributed by atoms with van der Waals surface area (Å²) in [5.41, 5.74) is -3.12. The van der Waals surface area contributed by atoms with Gasteiger partial charge in [0.25, 0.3) is 0 Å². The fourth-order valence-corrected chi connectivity index (χ4v) is 4.09. The predicted octanol–water partition coefficient (Wildman–Crippen LogP) is 4.68. The molecular weight excluding hydrogens is 331 g/mol. The van der Waals surface area contributed by atoms with Gasteiger partial charge in [0, 0.05) is 11.0 Å². The van der Waals surface area contributed by atoms with E-state index in [-0.39, 0.29) is 5.57 Å². The minimum atomic E-state index is -2.31. The molecule has 0 amide bonds. The highest BCUT2D eigenvalue weighted by molar-refractivity contribution is 6.09. The zero-order valence-electron chi connectivity index (χ0n) is 13.2. The topological polar surface area (TPSA) is 37.3 Å². The molecule has 0 aliphatic heterocycles. The monoisotopic (exact) mass is 346 g/mol. The van der Waals surface area contributed by atoms with E-state index in [9.17, 15) is 31.9 Å². The molecule has 2 fully saturated rings. The van der Waals surface area contributed by atoms with Crippen molar-refractivity contribution in [1.29, 1.82) is 0 Å². The number of hydrogen-bond donors (Lipinski definition) is 1. The normalized spacial score (nSPS) is 30.2. The molecule has 2 saturated carbocycles. The summed E-state index contributed by atoms with van der Waals surface area (Å²) in [5.74, 6) is -13.1. The second-order valence-electron chi connectivity index (χ2n) is 7.18. The van der Waals surface area contributed by atoms with Gasteiger partial charge in [0.2, 0.25) is 5.82 Å². The Labute approximate surface area is 135 Å². The Hall–Kier alpha value is -1.92. The number of allylic oxidation sites excluding steroid dienone is 1. The lowest BCUT2D eigenvalue weighted by molar-refractivity contribution is -0.125. The van der Waals surface area contributed by atoms with Gasteiger partial charge < -0.3 is 5.11 Å². The molecule has 2 bridgehead atoms. The summed E-state index contributed by atoms with van der Waals surface area (Å²) in [6.07, 6.45) is 1.03. The zero-order chi connectivity index (χ0) is 18.2. The van der Waals surface area contributed by atoms with E-state index in [0.717, 1.165) is 0 Å². The molecule has 7 heteroatoms. The lowest BCUT2D eigenvalue weighted by Gasteiger charge is -2.31. The molecule has 2 unspecified atom stereocenters. The van der Waals surface area contributed by atoms with Crippen LogP contribution in [0.5, 0.6) is 0 Å². The standard InChI is InChI=1S/C17H15F5O2/c1-16(2)6-4-5-17(16,3)15(24)7(6)14(23)8-9(18)11(20)13(22)12(21)10(8)19/h6,23H,4-5H2,1-3H3/b14-7-. The van der Waals surface area contributed by atoms with Crippen LogP contribution >= 0.6 is 0 Å². The van der Waals surface area contributed by atoms with Crippen LogP contribution in [0.4, 0.5) is 22.0 Å². The molecule has 0 heterocycles. The molecule has 2 aliphatic rings. The van der Waals surface area contributed by atoms with Crippen LogP contribution in [0.25, 0.3) is 5.76 Å². The Morgan fingerprint density at radius 2 is 1.42 bits per heavy atom. The number of aliphatic hydroxyl groups is 1. The summed E-state index contributed by atoms with van der Waals surface area (Å²) >= 11 is 0. The summed E-state index contributed by atoms with van der Waals surface area (Å²) < 4.78 is 67.8. The van der Waals surface area contributed by atoms with E-state index in [1.807, 2.05) is 0 Å². The summed E-state index contributed by atoms with van der Waals surface area (Å²) in [4.78, 5) is 12.7. The lowest BCUT2D eigenvalue weighted by atomic mass is 9.70. The minimum absolute atomic E-state index is 0.253. The van der Waals surface area contributed by atoms with Crippen LogP contribution in [0.1, 0.15) is 39.2 Å². The van der Waals surface area contributed by atoms with E-state index >= 15 is 0 Å². The van der Waals surface area contributed by atoms with E-state index in [4.69, 9.17) is 0 Å². The molecule has 0 saturated heterocycles. The highest BCUT2D eigenvalue weighted by Crippen LogP contribution is 2.66. The van der Waals surface area contributed by atoms with Gasteiger partial charge in [0.05, 0.1) is 5.56 Å². The molecule has 1 N–H and O–H groups in total. The Morgan fingerprint density at radius 1 is 0.958 bits per heavy atom. The fourth-order valence-electron chi connectivity index (χ4n) is 4.09. The number of carbonyl (C=O) groups is 1. The van der Waals surface area contributed by atoms with Crippen molar-refractivity contribution >= 4 is 11.5 Å². The maximum absolute atomic E-state index is 13.9. The van der Waals surface area contributed by atoms with Crippen LogP contribution in [0.2, 0.25) is 0 Å². The van der Waals surface area contributed by atoms with Crippen molar-refractivity contribution in [3.8, 4) is 0 Å². The number of rotatable bonds is 1. The largest absolute Gasteiger partial charge is 0.507 e. The average Bonchev–Trinajstić information content (AvgIpc) is 2.83. The number of fused-ring (bicyclic) bond motifs is 2. The fraction of sp³-hybridized carbons (Fsp3) is 0.471. The van der Waals surface area contributed by atoms with Crippen molar-refractivity contribution in [3.05, 3.63) is 40.2 Å². The number of aliphatic hydroxyl groups excluding tert-OH is 1. The third kappa shape index (κ3) is 1.73. The Morgan fingerprint density at radius 3 is 1.83 bits per heavy atom. The van der Waals surface area contributed by atoms with E-state index < -0.39 is 62.9 Å². The average molecular weight is 346 g/mol. The number of benzene rings is 1. The van der Waals surface area contributed by atoms with E-state index in [0.29, 0.717) is 12.8 Å². The van der Waals surface area contributed by atoms with Crippen LogP contribution in [-0.4, -0.2) is 10.9 Å². The molecule has 0 spiro atoms. The first-order chi connectivity index (χ1) is 11.0. The number of carbonyl (C=O) groups excluding carboxylic acids is 1. The maximum Gasteiger partial charge on any atom is 0.200 e. The highest BCUT2D eigenvalue weighted by Gasteiger charge is 2.65. The van der Waals surface area contributed by atoms with Gasteiger partial charge in [-0.3, -0.25) is 4.79 Å². The van der Waals surface area contributed by atoms with Gasteiger partial charge in [0.15, 0.2) is 29.1 Å². The lowest BCUT2D eigenvalue weighted by Crippen LogP contribution is -2.32. The van der Waals surface area contributed by atoms with Gasteiger partial charge in [-0.2, -0.15) is 0 Å². The first kappa shape index (κ1) is 16.9. The summed E-state index contributed by atoms with van der Waals surface area (Å²) in [6, 6.07) is 0. The molecule has 1 aromatic carbocycles. The SMILES string of the molecule is CC12CCC(/C(=C(/O)c3c(F)c(F)c(F)c(F)c3F)C1=O)C2(C)C. The zero-order valence-corrected chi connectivity index (χ0v) is 13.2. The van der Waals surface area contributed by atoms with Gasteiger partial charge in [0.1, 0.15) is 5.76 Å². The molecule has 3 rings (SSSR count). The number of hydrogen-bond acceptors (Lipinski definition) is 2. The summed E-state index contributed by atoms with van der Waals surface area (Å²) in [6.45, 7) is 5.27. The quantitative estimate of drug-likeness (QED) is 0.264. The van der Waals surface area contributed by atoms with E-state index in [1.54, 1.807) is 20.8 Å². The van der Waals surface area contributed by atoms with Gasteiger partial charge >= 0.3 is 0 Å². The molecule has 1 aromatic rings. The van der Waals surface area contributed by atoms with E-state index in [2.05, 4.69) is 0 Å². The van der Waals surface area contributed by atoms with Gasteiger partial charge in [-0.15, -0.1) is 0 Å². The van der Waals surface area contributed by atoms with Crippen molar-refractivity contribution in [1.82, 2.24) is 0 Å². The van der Waals surface area contributed by atoms with E-state index in [1.165, 1.54) is 0 Å². The molecule has 0 aromatic heterocycles. The number of Topliss-reactive ketones (excluding diaryl/α,β-unsaturated/α-hetero) is 1. The van der Waals surface area contributed by atoms with Crippen LogP contribution < -0.4 is 0 Å². The Kier molecular flexibility index (Phi) is 3.38. The summed E-state index contributed by atoms with van der Waals surface area (Å²) in [7, 11) is 0. The molecule has 2 atom stereocenters. The minimum Gasteiger partial charge on any atom is -0.507 e. The molecule has 0 radical (unpaired) electrons. The van der Waals surface area contributed by atoms with Crippen molar-refractivity contribution in [2.75, 3.05) is 0 Å².